The van der Waals surface area contributed by atoms with Gasteiger partial charge in [-0.25, -0.2) is 4.98 Å². The zero-order valence-corrected chi connectivity index (χ0v) is 19.9. The minimum Gasteiger partial charge on any atom is -0.372 e. The summed E-state index contributed by atoms with van der Waals surface area (Å²) in [5, 5.41) is 14.4. The summed E-state index contributed by atoms with van der Waals surface area (Å²) in [6.07, 6.45) is 5.34. The average molecular weight is 484 g/mol. The van der Waals surface area contributed by atoms with Crippen LogP contribution in [0.15, 0.2) is 85.5 Å². The van der Waals surface area contributed by atoms with Crippen LogP contribution < -0.4 is 10.2 Å². The minimum atomic E-state index is -0.522. The number of hydrogen-bond donors (Lipinski definition) is 1. The van der Waals surface area contributed by atoms with Crippen LogP contribution in [0.2, 0.25) is 0 Å². The van der Waals surface area contributed by atoms with E-state index >= 15 is 0 Å². The first kappa shape index (κ1) is 24.3. The zero-order chi connectivity index (χ0) is 25.7. The Morgan fingerprint density at radius 2 is 1.75 bits per heavy atom. The van der Waals surface area contributed by atoms with Gasteiger partial charge in [0.15, 0.2) is 5.78 Å². The smallest absolute Gasteiger partial charge is 0.293 e. The Kier molecular flexibility index (Phi) is 7.20. The predicted molar refractivity (Wildman–Crippen MR) is 136 cm³/mol. The van der Waals surface area contributed by atoms with Crippen LogP contribution in [0.3, 0.4) is 0 Å². The first-order chi connectivity index (χ1) is 17.3. The molecule has 1 N–H and O–H groups in total. The highest BCUT2D eigenvalue weighted by molar-refractivity contribution is 6.15. The third kappa shape index (κ3) is 5.47. The van der Waals surface area contributed by atoms with Crippen molar-refractivity contribution in [1.29, 1.82) is 0 Å². The van der Waals surface area contributed by atoms with E-state index in [1.807, 2.05) is 35.0 Å². The van der Waals surface area contributed by atoms with E-state index in [1.165, 1.54) is 18.2 Å². The highest BCUT2D eigenvalue weighted by atomic mass is 16.6. The van der Waals surface area contributed by atoms with Crippen LogP contribution in [-0.4, -0.2) is 40.3 Å². The number of carbonyl (C=O) groups is 2. The fraction of sp³-hybridized carbons (Fsp3) is 0.148. The van der Waals surface area contributed by atoms with E-state index in [0.717, 1.165) is 11.1 Å². The van der Waals surface area contributed by atoms with Crippen molar-refractivity contribution in [1.82, 2.24) is 14.9 Å². The van der Waals surface area contributed by atoms with Gasteiger partial charge in [-0.2, -0.15) is 0 Å². The van der Waals surface area contributed by atoms with E-state index in [2.05, 4.69) is 10.3 Å². The molecule has 9 heteroatoms. The van der Waals surface area contributed by atoms with Gasteiger partial charge in [-0.1, -0.05) is 42.5 Å². The van der Waals surface area contributed by atoms with Gasteiger partial charge >= 0.3 is 0 Å². The lowest BCUT2D eigenvalue weighted by Crippen LogP contribution is -2.25. The van der Waals surface area contributed by atoms with Crippen molar-refractivity contribution in [2.45, 2.75) is 13.1 Å². The van der Waals surface area contributed by atoms with E-state index in [1.54, 1.807) is 55.8 Å². The molecule has 0 radical (unpaired) electrons. The average Bonchev–Trinajstić information content (AvgIpc) is 3.39. The van der Waals surface area contributed by atoms with E-state index in [4.69, 9.17) is 0 Å². The topological polar surface area (TPSA) is 110 Å². The largest absolute Gasteiger partial charge is 0.372 e. The van der Waals surface area contributed by atoms with Gasteiger partial charge in [0.1, 0.15) is 5.69 Å². The first-order valence-corrected chi connectivity index (χ1v) is 11.2. The van der Waals surface area contributed by atoms with Crippen molar-refractivity contribution >= 4 is 23.1 Å². The molecule has 3 aromatic carbocycles. The Bertz CT molecular complexity index is 1410. The molecule has 1 aromatic heterocycles. The Morgan fingerprint density at radius 1 is 1.00 bits per heavy atom. The fourth-order valence-corrected chi connectivity index (χ4v) is 3.93. The quantitative estimate of drug-likeness (QED) is 0.218. The van der Waals surface area contributed by atoms with Crippen molar-refractivity contribution in [2.24, 2.45) is 0 Å². The summed E-state index contributed by atoms with van der Waals surface area (Å²) < 4.78 is 1.95. The molecular formula is C27H25N5O4. The SMILES string of the molecule is CN(C)c1ccc(C(=O)c2ccccc2C(=O)NCc2cccc(Cn3ccnc3)c2)cc1[N+](=O)[O-]. The molecule has 4 aromatic rings. The Labute approximate surface area is 208 Å². The summed E-state index contributed by atoms with van der Waals surface area (Å²) in [4.78, 5) is 43.0. The summed E-state index contributed by atoms with van der Waals surface area (Å²) in [5.41, 5.74) is 2.71. The van der Waals surface area contributed by atoms with Crippen LogP contribution in [-0.2, 0) is 13.1 Å². The van der Waals surface area contributed by atoms with E-state index in [9.17, 15) is 19.7 Å². The molecule has 1 heterocycles. The third-order valence-electron chi connectivity index (χ3n) is 5.70. The highest BCUT2D eigenvalue weighted by Crippen LogP contribution is 2.29. The molecule has 0 fully saturated rings. The number of hydrogen-bond acceptors (Lipinski definition) is 6. The van der Waals surface area contributed by atoms with Gasteiger partial charge in [0.25, 0.3) is 11.6 Å². The number of nitrogens with one attached hydrogen (secondary N) is 1. The van der Waals surface area contributed by atoms with Crippen LogP contribution in [0.4, 0.5) is 11.4 Å². The predicted octanol–water partition coefficient (Wildman–Crippen LogP) is 4.07. The number of nitro groups is 1. The lowest BCUT2D eigenvalue weighted by atomic mass is 9.97. The number of amides is 1. The zero-order valence-electron chi connectivity index (χ0n) is 19.9. The highest BCUT2D eigenvalue weighted by Gasteiger charge is 2.22. The number of nitro benzene ring substituents is 1. The van der Waals surface area contributed by atoms with Crippen molar-refractivity contribution in [3.63, 3.8) is 0 Å². The lowest BCUT2D eigenvalue weighted by molar-refractivity contribution is -0.384. The number of carbonyl (C=O) groups excluding carboxylic acids is 2. The van der Waals surface area contributed by atoms with Gasteiger partial charge in [-0.3, -0.25) is 19.7 Å². The van der Waals surface area contributed by atoms with Crippen LogP contribution in [0.1, 0.15) is 37.4 Å². The van der Waals surface area contributed by atoms with Gasteiger partial charge in [0, 0.05) is 56.8 Å². The molecule has 1 amide bonds. The summed E-state index contributed by atoms with van der Waals surface area (Å²) in [6, 6.07) is 18.6. The third-order valence-corrected chi connectivity index (χ3v) is 5.70. The molecule has 0 bridgehead atoms. The van der Waals surface area contributed by atoms with Gasteiger partial charge in [0.2, 0.25) is 0 Å². The van der Waals surface area contributed by atoms with Crippen LogP contribution in [0.25, 0.3) is 0 Å². The van der Waals surface area contributed by atoms with Crippen LogP contribution in [0, 0.1) is 10.1 Å². The number of rotatable bonds is 9. The number of anilines is 1. The monoisotopic (exact) mass is 483 g/mol. The molecule has 0 aliphatic carbocycles. The molecule has 4 rings (SSSR count). The number of benzene rings is 3. The van der Waals surface area contributed by atoms with Gasteiger partial charge in [-0.15, -0.1) is 0 Å². The Hall–Kier alpha value is -4.79. The normalized spacial score (nSPS) is 10.6. The maximum absolute atomic E-state index is 13.3. The Morgan fingerprint density at radius 3 is 2.44 bits per heavy atom. The van der Waals surface area contributed by atoms with E-state index in [-0.39, 0.29) is 28.9 Å². The number of aromatic nitrogens is 2. The molecule has 0 aliphatic rings. The van der Waals surface area contributed by atoms with Crippen molar-refractivity contribution < 1.29 is 14.5 Å². The second-order valence-corrected chi connectivity index (χ2v) is 8.47. The van der Waals surface area contributed by atoms with Crippen molar-refractivity contribution in [3.05, 3.63) is 123 Å². The summed E-state index contributed by atoms with van der Waals surface area (Å²) in [7, 11) is 3.38. The molecule has 36 heavy (non-hydrogen) atoms. The number of nitrogens with zero attached hydrogens (tertiary/aromatic N) is 4. The molecule has 182 valence electrons. The molecule has 0 spiro atoms. The maximum Gasteiger partial charge on any atom is 0.293 e. The van der Waals surface area contributed by atoms with Crippen molar-refractivity contribution in [3.8, 4) is 0 Å². The van der Waals surface area contributed by atoms with E-state index in [0.29, 0.717) is 12.2 Å². The first-order valence-electron chi connectivity index (χ1n) is 11.2. The molecular weight excluding hydrogens is 458 g/mol. The van der Waals surface area contributed by atoms with Crippen LogP contribution in [0.5, 0.6) is 0 Å². The summed E-state index contributed by atoms with van der Waals surface area (Å²) >= 11 is 0. The molecule has 0 atom stereocenters. The van der Waals surface area contributed by atoms with Gasteiger partial charge < -0.3 is 14.8 Å². The summed E-state index contributed by atoms with van der Waals surface area (Å²) in [6.45, 7) is 0.944. The number of ketones is 1. The molecule has 0 saturated heterocycles. The van der Waals surface area contributed by atoms with Crippen molar-refractivity contribution in [2.75, 3.05) is 19.0 Å². The second-order valence-electron chi connectivity index (χ2n) is 8.47. The standard InChI is InChI=1S/C27H25N5O4/c1-30(2)24-11-10-21(15-25(24)32(35)36)26(33)22-8-3-4-9-23(22)27(34)29-16-19-6-5-7-20(14-19)17-31-13-12-28-18-31/h3-15,18H,16-17H2,1-2H3,(H,29,34). The summed E-state index contributed by atoms with van der Waals surface area (Å²) in [5.74, 6) is -0.866. The maximum atomic E-state index is 13.3. The number of imidazole rings is 1. The Balaban J connectivity index is 1.52. The second kappa shape index (κ2) is 10.6. The van der Waals surface area contributed by atoms with Gasteiger partial charge in [0.05, 0.1) is 16.8 Å². The minimum absolute atomic E-state index is 0.139. The lowest BCUT2D eigenvalue weighted by Gasteiger charge is -2.14. The molecule has 0 unspecified atom stereocenters. The van der Waals surface area contributed by atoms with Crippen LogP contribution >= 0.6 is 0 Å². The molecule has 0 aliphatic heterocycles. The fourth-order valence-electron chi connectivity index (χ4n) is 3.93. The molecule has 0 saturated carbocycles. The van der Waals surface area contributed by atoms with Gasteiger partial charge in [-0.05, 0) is 29.3 Å². The van der Waals surface area contributed by atoms with E-state index < -0.39 is 16.6 Å². The molecule has 9 nitrogen and oxygen atoms in total.